The van der Waals surface area contributed by atoms with Gasteiger partial charge < -0.3 is 14.2 Å². The third kappa shape index (κ3) is 3.56. The topological polar surface area (TPSA) is 63.6 Å². The normalized spacial score (nSPS) is 18.2. The van der Waals surface area contributed by atoms with Crippen molar-refractivity contribution in [2.24, 2.45) is 0 Å². The number of urea groups is 1. The van der Waals surface area contributed by atoms with E-state index >= 15 is 0 Å². The molecule has 1 atom stereocenters. The molecule has 7 heteroatoms. The van der Waals surface area contributed by atoms with Crippen molar-refractivity contribution in [3.05, 3.63) is 39.5 Å². The lowest BCUT2D eigenvalue weighted by molar-refractivity contribution is 0.0526. The molecule has 4 rings (SSSR count). The molecule has 29 heavy (non-hydrogen) atoms. The summed E-state index contributed by atoms with van der Waals surface area (Å²) in [7, 11) is 0. The third-order valence-electron chi connectivity index (χ3n) is 6.03. The Morgan fingerprint density at radius 2 is 2.00 bits per heavy atom. The van der Waals surface area contributed by atoms with Crippen molar-refractivity contribution in [1.82, 2.24) is 9.47 Å². The lowest BCUT2D eigenvalue weighted by Crippen LogP contribution is -2.44. The van der Waals surface area contributed by atoms with Crippen LogP contribution in [0.3, 0.4) is 0 Å². The molecule has 2 amide bonds. The highest BCUT2D eigenvalue weighted by Gasteiger charge is 2.33. The van der Waals surface area contributed by atoms with E-state index < -0.39 is 0 Å². The van der Waals surface area contributed by atoms with E-state index in [2.05, 4.69) is 35.9 Å². The number of aromatic nitrogens is 1. The molecule has 2 aromatic heterocycles. The Hall–Kier alpha value is -2.28. The highest BCUT2D eigenvalue weighted by atomic mass is 32.1. The summed E-state index contributed by atoms with van der Waals surface area (Å²) in [6, 6.07) is 4.15. The van der Waals surface area contributed by atoms with Gasteiger partial charge in [0.1, 0.15) is 5.00 Å². The van der Waals surface area contributed by atoms with Gasteiger partial charge in [-0.2, -0.15) is 0 Å². The second kappa shape index (κ2) is 8.22. The Morgan fingerprint density at radius 1 is 1.21 bits per heavy atom. The Kier molecular flexibility index (Phi) is 5.67. The number of hydrogen-bond acceptors (Lipinski definition) is 4. The molecule has 1 aliphatic heterocycles. The van der Waals surface area contributed by atoms with E-state index in [0.29, 0.717) is 23.7 Å². The monoisotopic (exact) mass is 415 g/mol. The molecular weight excluding hydrogens is 386 g/mol. The van der Waals surface area contributed by atoms with Gasteiger partial charge in [-0.05, 0) is 63.6 Å². The van der Waals surface area contributed by atoms with Crippen molar-refractivity contribution in [1.29, 1.82) is 0 Å². The predicted octanol–water partition coefficient (Wildman–Crippen LogP) is 4.91. The molecule has 0 bridgehead atoms. The Labute approximate surface area is 175 Å². The van der Waals surface area contributed by atoms with Gasteiger partial charge >= 0.3 is 12.0 Å². The Morgan fingerprint density at radius 3 is 2.76 bits per heavy atom. The van der Waals surface area contributed by atoms with E-state index in [1.54, 1.807) is 11.3 Å². The molecule has 1 aliphatic carbocycles. The van der Waals surface area contributed by atoms with Crippen LogP contribution in [0.5, 0.6) is 0 Å². The van der Waals surface area contributed by atoms with Crippen LogP contribution in [0.4, 0.5) is 9.80 Å². The second-order valence-electron chi connectivity index (χ2n) is 7.73. The van der Waals surface area contributed by atoms with Crippen LogP contribution in [0.2, 0.25) is 0 Å². The van der Waals surface area contributed by atoms with Crippen molar-refractivity contribution in [2.45, 2.75) is 65.5 Å². The van der Waals surface area contributed by atoms with Gasteiger partial charge in [-0.15, -0.1) is 11.3 Å². The zero-order valence-corrected chi connectivity index (χ0v) is 18.2. The van der Waals surface area contributed by atoms with E-state index in [9.17, 15) is 9.59 Å². The number of nitrogens with zero attached hydrogens (tertiary/aromatic N) is 2. The summed E-state index contributed by atoms with van der Waals surface area (Å²) in [4.78, 5) is 29.0. The number of carbonyl (C=O) groups is 2. The lowest BCUT2D eigenvalue weighted by Gasteiger charge is -2.37. The van der Waals surface area contributed by atoms with E-state index in [1.165, 1.54) is 16.3 Å². The molecule has 2 aromatic rings. The van der Waals surface area contributed by atoms with Crippen LogP contribution >= 0.6 is 11.3 Å². The minimum atomic E-state index is -0.322. The van der Waals surface area contributed by atoms with E-state index in [1.807, 2.05) is 11.8 Å². The van der Waals surface area contributed by atoms with Crippen LogP contribution in [0.1, 0.15) is 71.3 Å². The van der Waals surface area contributed by atoms with Gasteiger partial charge in [-0.1, -0.05) is 6.92 Å². The molecule has 0 spiro atoms. The minimum absolute atomic E-state index is 0.0399. The maximum absolute atomic E-state index is 13.3. The first-order valence-corrected chi connectivity index (χ1v) is 11.4. The van der Waals surface area contributed by atoms with Gasteiger partial charge in [-0.25, -0.2) is 9.59 Å². The van der Waals surface area contributed by atoms with Crippen molar-refractivity contribution >= 4 is 28.3 Å². The van der Waals surface area contributed by atoms with Gasteiger partial charge in [0.05, 0.1) is 18.2 Å². The maximum atomic E-state index is 13.3. The van der Waals surface area contributed by atoms with E-state index in [-0.39, 0.29) is 18.0 Å². The van der Waals surface area contributed by atoms with Crippen molar-refractivity contribution < 1.29 is 14.3 Å². The first-order chi connectivity index (χ1) is 14.0. The third-order valence-corrected chi connectivity index (χ3v) is 7.24. The SMILES string of the molecule is CCOC(=O)c1c(NC(=O)N2CCn3c(C)ccc3[C@H]2CC)sc2c1CCCC2. The smallest absolute Gasteiger partial charge is 0.341 e. The highest BCUT2D eigenvalue weighted by Crippen LogP contribution is 2.39. The number of aryl methyl sites for hydroxylation is 2. The Balaban J connectivity index is 1.61. The molecule has 0 saturated carbocycles. The summed E-state index contributed by atoms with van der Waals surface area (Å²) in [6.45, 7) is 7.81. The van der Waals surface area contributed by atoms with E-state index in [0.717, 1.165) is 44.2 Å². The number of anilines is 1. The molecule has 3 heterocycles. The molecule has 0 saturated heterocycles. The van der Waals surface area contributed by atoms with Crippen LogP contribution in [0.25, 0.3) is 0 Å². The summed E-state index contributed by atoms with van der Waals surface area (Å²) in [5, 5.41) is 3.72. The molecule has 0 fully saturated rings. The zero-order valence-electron chi connectivity index (χ0n) is 17.4. The van der Waals surface area contributed by atoms with Gasteiger partial charge in [0.2, 0.25) is 0 Å². The number of carbonyl (C=O) groups excluding carboxylic acids is 2. The minimum Gasteiger partial charge on any atom is -0.462 e. The molecule has 156 valence electrons. The number of amides is 2. The van der Waals surface area contributed by atoms with E-state index in [4.69, 9.17) is 4.74 Å². The number of hydrogen-bond donors (Lipinski definition) is 1. The summed E-state index contributed by atoms with van der Waals surface area (Å²) in [5.74, 6) is -0.322. The highest BCUT2D eigenvalue weighted by molar-refractivity contribution is 7.17. The number of rotatable bonds is 4. The molecule has 2 aliphatic rings. The largest absolute Gasteiger partial charge is 0.462 e. The van der Waals surface area contributed by atoms with Crippen LogP contribution in [-0.2, 0) is 24.1 Å². The molecule has 6 nitrogen and oxygen atoms in total. The first kappa shape index (κ1) is 20.0. The summed E-state index contributed by atoms with van der Waals surface area (Å²) >= 11 is 1.54. The molecule has 0 aromatic carbocycles. The van der Waals surface area contributed by atoms with Crippen molar-refractivity contribution in [3.63, 3.8) is 0 Å². The second-order valence-corrected chi connectivity index (χ2v) is 8.84. The molecular formula is C22H29N3O3S. The number of nitrogens with one attached hydrogen (secondary N) is 1. The van der Waals surface area contributed by atoms with Gasteiger partial charge in [0.15, 0.2) is 0 Å². The summed E-state index contributed by atoms with van der Waals surface area (Å²) in [5.41, 5.74) is 4.06. The molecule has 0 unspecified atom stereocenters. The molecule has 0 radical (unpaired) electrons. The maximum Gasteiger partial charge on any atom is 0.341 e. The number of thiophene rings is 1. The number of ether oxygens (including phenoxy) is 1. The van der Waals surface area contributed by atoms with Gasteiger partial charge in [-0.3, -0.25) is 5.32 Å². The fourth-order valence-electron chi connectivity index (χ4n) is 4.62. The van der Waals surface area contributed by atoms with Crippen molar-refractivity contribution in [3.8, 4) is 0 Å². The fourth-order valence-corrected chi connectivity index (χ4v) is 5.89. The summed E-state index contributed by atoms with van der Waals surface area (Å²) < 4.78 is 7.61. The van der Waals surface area contributed by atoms with Crippen molar-refractivity contribution in [2.75, 3.05) is 18.5 Å². The fraction of sp³-hybridized carbons (Fsp3) is 0.545. The van der Waals surface area contributed by atoms with Gasteiger partial charge in [0, 0.05) is 29.4 Å². The quantitative estimate of drug-likeness (QED) is 0.722. The van der Waals surface area contributed by atoms with Crippen LogP contribution < -0.4 is 5.32 Å². The standard InChI is InChI=1S/C22H29N3O3S/c1-4-16-17-11-10-14(3)24(17)12-13-25(16)22(27)23-20-19(21(26)28-5-2)15-8-6-7-9-18(15)29-20/h10-11,16H,4-9,12-13H2,1-3H3,(H,23,27)/t16-/m1/s1. The van der Waals surface area contributed by atoms with Gasteiger partial charge in [0.25, 0.3) is 0 Å². The lowest BCUT2D eigenvalue weighted by atomic mass is 9.95. The predicted molar refractivity (Wildman–Crippen MR) is 115 cm³/mol. The number of fused-ring (bicyclic) bond motifs is 2. The number of esters is 1. The average molecular weight is 416 g/mol. The van der Waals surface area contributed by atoms with Crippen LogP contribution in [0, 0.1) is 6.92 Å². The van der Waals surface area contributed by atoms with Crippen LogP contribution in [-0.4, -0.2) is 34.6 Å². The zero-order chi connectivity index (χ0) is 20.5. The average Bonchev–Trinajstić information content (AvgIpc) is 3.27. The first-order valence-electron chi connectivity index (χ1n) is 10.6. The molecule has 1 N–H and O–H groups in total. The summed E-state index contributed by atoms with van der Waals surface area (Å²) in [6.07, 6.45) is 4.90. The van der Waals surface area contributed by atoms with Crippen LogP contribution in [0.15, 0.2) is 12.1 Å². The Bertz CT molecular complexity index is 930.